The number of hydrogen-bond donors (Lipinski definition) is 0. The highest BCUT2D eigenvalue weighted by Gasteiger charge is 2.29. The molecule has 33 heavy (non-hydrogen) atoms. The predicted molar refractivity (Wildman–Crippen MR) is 130 cm³/mol. The van der Waals surface area contributed by atoms with Crippen molar-refractivity contribution in [3.8, 4) is 17.2 Å². The number of methoxy groups -OCH3 is 3. The maximum atomic E-state index is 12.8. The third-order valence-corrected chi connectivity index (χ3v) is 6.69. The van der Waals surface area contributed by atoms with E-state index >= 15 is 0 Å². The Morgan fingerprint density at radius 1 is 0.788 bits per heavy atom. The van der Waals surface area contributed by atoms with Crippen LogP contribution < -0.4 is 19.1 Å². The third-order valence-electron chi connectivity index (χ3n) is 6.69. The number of hydrogen-bond acceptors (Lipinski definition) is 6. The largest absolute Gasteiger partial charge is 0.495 e. The zero-order valence-corrected chi connectivity index (χ0v) is 20.0. The van der Waals surface area contributed by atoms with E-state index in [9.17, 15) is 4.79 Å². The Bertz CT molecular complexity index is 957. The van der Waals surface area contributed by atoms with Gasteiger partial charge in [-0.25, -0.2) is 0 Å². The van der Waals surface area contributed by atoms with Crippen molar-refractivity contribution in [1.29, 1.82) is 0 Å². The first kappa shape index (κ1) is 23.2. The van der Waals surface area contributed by atoms with Gasteiger partial charge in [0.25, 0.3) is 5.91 Å². The van der Waals surface area contributed by atoms with Crippen LogP contribution in [0.1, 0.15) is 35.2 Å². The Morgan fingerprint density at radius 3 is 2.18 bits per heavy atom. The van der Waals surface area contributed by atoms with E-state index in [1.54, 1.807) is 27.4 Å². The molecule has 0 radical (unpaired) electrons. The standard InChI is InChI=1S/C26H35N3O4/c1-31-23-10-6-5-9-22(23)28-15-13-27(14-16-28)11-7-4-8-12-29-19-20-17-24(32-2)25(33-3)18-21(20)26(29)30/h5-6,9-10,17-18H,4,7-8,11-16,19H2,1-3H3. The number of ether oxygens (including phenoxy) is 3. The molecule has 178 valence electrons. The van der Waals surface area contributed by atoms with Crippen molar-refractivity contribution in [2.75, 3.05) is 65.5 Å². The molecule has 4 rings (SSSR count). The number of amides is 1. The molecule has 0 aliphatic carbocycles. The second-order valence-corrected chi connectivity index (χ2v) is 8.65. The summed E-state index contributed by atoms with van der Waals surface area (Å²) in [6.07, 6.45) is 3.31. The number of nitrogens with zero attached hydrogens (tertiary/aromatic N) is 3. The molecule has 1 fully saturated rings. The Labute approximate surface area is 196 Å². The highest BCUT2D eigenvalue weighted by molar-refractivity contribution is 5.99. The molecule has 0 unspecified atom stereocenters. The van der Waals surface area contributed by atoms with Gasteiger partial charge in [0.1, 0.15) is 5.75 Å². The van der Waals surface area contributed by atoms with Gasteiger partial charge in [-0.3, -0.25) is 9.69 Å². The minimum absolute atomic E-state index is 0.0958. The Hall–Kier alpha value is -2.93. The second kappa shape index (κ2) is 10.8. The summed E-state index contributed by atoms with van der Waals surface area (Å²) in [5.41, 5.74) is 2.94. The summed E-state index contributed by atoms with van der Waals surface area (Å²) in [5.74, 6) is 2.33. The van der Waals surface area contributed by atoms with Crippen molar-refractivity contribution >= 4 is 11.6 Å². The van der Waals surface area contributed by atoms with Gasteiger partial charge in [-0.15, -0.1) is 0 Å². The molecule has 7 nitrogen and oxygen atoms in total. The van der Waals surface area contributed by atoms with Crippen LogP contribution in [-0.4, -0.2) is 76.3 Å². The van der Waals surface area contributed by atoms with Crippen molar-refractivity contribution in [1.82, 2.24) is 9.80 Å². The summed E-state index contributed by atoms with van der Waals surface area (Å²) in [7, 11) is 4.95. The van der Waals surface area contributed by atoms with Gasteiger partial charge < -0.3 is 24.0 Å². The van der Waals surface area contributed by atoms with Crippen molar-refractivity contribution in [2.45, 2.75) is 25.8 Å². The molecular formula is C26H35N3O4. The van der Waals surface area contributed by atoms with Gasteiger partial charge in [0.05, 0.1) is 27.0 Å². The molecule has 2 aliphatic heterocycles. The lowest BCUT2D eigenvalue weighted by Gasteiger charge is -2.36. The van der Waals surface area contributed by atoms with E-state index in [-0.39, 0.29) is 5.91 Å². The number of fused-ring (bicyclic) bond motifs is 1. The highest BCUT2D eigenvalue weighted by atomic mass is 16.5. The number of anilines is 1. The summed E-state index contributed by atoms with van der Waals surface area (Å²) in [6.45, 7) is 6.74. The Balaban J connectivity index is 1.17. The van der Waals surface area contributed by atoms with Gasteiger partial charge in [-0.05, 0) is 49.2 Å². The van der Waals surface area contributed by atoms with Crippen LogP contribution >= 0.6 is 0 Å². The molecule has 0 atom stereocenters. The molecule has 0 bridgehead atoms. The van der Waals surface area contributed by atoms with Crippen LogP contribution in [-0.2, 0) is 6.54 Å². The van der Waals surface area contributed by atoms with Crippen LogP contribution in [0.4, 0.5) is 5.69 Å². The van der Waals surface area contributed by atoms with Crippen LogP contribution in [0.15, 0.2) is 36.4 Å². The number of para-hydroxylation sites is 2. The van der Waals surface area contributed by atoms with Crippen LogP contribution in [0.25, 0.3) is 0 Å². The van der Waals surface area contributed by atoms with Crippen LogP contribution in [0.5, 0.6) is 17.2 Å². The van der Waals surface area contributed by atoms with Gasteiger partial charge in [-0.1, -0.05) is 18.6 Å². The minimum atomic E-state index is 0.0958. The van der Waals surface area contributed by atoms with Gasteiger partial charge in [-0.2, -0.15) is 0 Å². The Kier molecular flexibility index (Phi) is 7.60. The van der Waals surface area contributed by atoms with E-state index < -0.39 is 0 Å². The predicted octanol–water partition coefficient (Wildman–Crippen LogP) is 3.66. The zero-order chi connectivity index (χ0) is 23.2. The number of unbranched alkanes of at least 4 members (excludes halogenated alkanes) is 2. The number of benzene rings is 2. The van der Waals surface area contributed by atoms with Crippen LogP contribution in [0.2, 0.25) is 0 Å². The molecule has 0 spiro atoms. The molecule has 0 saturated carbocycles. The van der Waals surface area contributed by atoms with Crippen molar-refractivity contribution in [3.63, 3.8) is 0 Å². The van der Waals surface area contributed by atoms with Gasteiger partial charge in [0, 0.05) is 44.8 Å². The van der Waals surface area contributed by atoms with E-state index in [1.807, 2.05) is 23.1 Å². The molecule has 1 saturated heterocycles. The topological polar surface area (TPSA) is 54.5 Å². The Morgan fingerprint density at radius 2 is 1.45 bits per heavy atom. The first-order valence-electron chi connectivity index (χ1n) is 11.8. The molecular weight excluding hydrogens is 418 g/mol. The lowest BCUT2D eigenvalue weighted by molar-refractivity contribution is 0.0775. The first-order valence-corrected chi connectivity index (χ1v) is 11.8. The van der Waals surface area contributed by atoms with E-state index in [0.29, 0.717) is 18.0 Å². The monoisotopic (exact) mass is 453 g/mol. The van der Waals surface area contributed by atoms with Gasteiger partial charge >= 0.3 is 0 Å². The molecule has 7 heteroatoms. The maximum Gasteiger partial charge on any atom is 0.254 e. The van der Waals surface area contributed by atoms with E-state index in [0.717, 1.165) is 75.4 Å². The molecule has 0 aromatic heterocycles. The number of carbonyl (C=O) groups is 1. The fourth-order valence-corrected chi connectivity index (χ4v) is 4.80. The van der Waals surface area contributed by atoms with Crippen molar-refractivity contribution in [2.24, 2.45) is 0 Å². The molecule has 2 aromatic carbocycles. The number of carbonyl (C=O) groups excluding carboxylic acids is 1. The third kappa shape index (κ3) is 5.19. The minimum Gasteiger partial charge on any atom is -0.495 e. The highest BCUT2D eigenvalue weighted by Crippen LogP contribution is 2.35. The lowest BCUT2D eigenvalue weighted by atomic mass is 10.1. The lowest BCUT2D eigenvalue weighted by Crippen LogP contribution is -2.46. The quantitative estimate of drug-likeness (QED) is 0.512. The number of rotatable bonds is 10. The fourth-order valence-electron chi connectivity index (χ4n) is 4.80. The van der Waals surface area contributed by atoms with E-state index in [2.05, 4.69) is 21.9 Å². The van der Waals surface area contributed by atoms with Crippen molar-refractivity contribution in [3.05, 3.63) is 47.5 Å². The molecule has 0 N–H and O–H groups in total. The molecule has 1 amide bonds. The average Bonchev–Trinajstić information content (AvgIpc) is 3.17. The first-order chi connectivity index (χ1) is 16.1. The summed E-state index contributed by atoms with van der Waals surface area (Å²) in [6, 6.07) is 12.0. The SMILES string of the molecule is COc1cc2c(cc1OC)C(=O)N(CCCCCN1CCN(c3ccccc3OC)CC1)C2. The van der Waals surface area contributed by atoms with Crippen molar-refractivity contribution < 1.29 is 19.0 Å². The normalized spacial score (nSPS) is 16.2. The summed E-state index contributed by atoms with van der Waals surface area (Å²) >= 11 is 0. The maximum absolute atomic E-state index is 12.8. The van der Waals surface area contributed by atoms with E-state index in [1.165, 1.54) is 5.69 Å². The van der Waals surface area contributed by atoms with Crippen LogP contribution in [0, 0.1) is 0 Å². The molecule has 2 aliphatic rings. The van der Waals surface area contributed by atoms with Gasteiger partial charge in [0.2, 0.25) is 0 Å². The molecule has 2 heterocycles. The second-order valence-electron chi connectivity index (χ2n) is 8.65. The smallest absolute Gasteiger partial charge is 0.254 e. The van der Waals surface area contributed by atoms with Gasteiger partial charge in [0.15, 0.2) is 11.5 Å². The van der Waals surface area contributed by atoms with E-state index in [4.69, 9.17) is 14.2 Å². The average molecular weight is 454 g/mol. The summed E-state index contributed by atoms with van der Waals surface area (Å²) in [4.78, 5) is 19.7. The summed E-state index contributed by atoms with van der Waals surface area (Å²) in [5, 5.41) is 0. The zero-order valence-electron chi connectivity index (χ0n) is 20.0. The fraction of sp³-hybridized carbons (Fsp3) is 0.500. The molecule has 2 aromatic rings. The summed E-state index contributed by atoms with van der Waals surface area (Å²) < 4.78 is 16.2. The number of piperazine rings is 1. The van der Waals surface area contributed by atoms with Crippen LogP contribution in [0.3, 0.4) is 0 Å².